The maximum Gasteiger partial charge on any atom is 0.389 e. The van der Waals surface area contributed by atoms with Crippen LogP contribution in [0.4, 0.5) is 26.3 Å². The van der Waals surface area contributed by atoms with Gasteiger partial charge in [0.05, 0.1) is 0 Å². The van der Waals surface area contributed by atoms with Crippen LogP contribution in [0.15, 0.2) is 0 Å². The predicted molar refractivity (Wildman–Crippen MR) is 95.2 cm³/mol. The highest BCUT2D eigenvalue weighted by Crippen LogP contribution is 2.27. The summed E-state index contributed by atoms with van der Waals surface area (Å²) in [5.74, 6) is 0. The van der Waals surface area contributed by atoms with Crippen LogP contribution < -0.4 is 0 Å². The lowest BCUT2D eigenvalue weighted by molar-refractivity contribution is -0.131. The molecule has 3 nitrogen and oxygen atoms in total. The van der Waals surface area contributed by atoms with E-state index in [1.165, 1.54) is 0 Å². The van der Waals surface area contributed by atoms with Gasteiger partial charge in [0, 0.05) is 12.8 Å². The van der Waals surface area contributed by atoms with E-state index < -0.39 is 60.4 Å². The lowest BCUT2D eigenvalue weighted by Gasteiger charge is -2.32. The highest BCUT2D eigenvalue weighted by atomic mass is 28.5. The summed E-state index contributed by atoms with van der Waals surface area (Å²) in [6.07, 6.45) is -10.8. The molecule has 0 aromatic rings. The average Bonchev–Trinajstić information content (AvgIpc) is 2.27. The van der Waals surface area contributed by atoms with E-state index in [2.05, 4.69) is 0 Å². The fraction of sp³-hybridized carbons (Fsp3) is 1.00. The van der Waals surface area contributed by atoms with Gasteiger partial charge in [-0.15, -0.1) is 0 Å². The number of hydrogen-bond donors (Lipinski definition) is 0. The van der Waals surface area contributed by atoms with Crippen molar-refractivity contribution in [2.45, 2.75) is 76.6 Å². The Kier molecular flexibility index (Phi) is 9.63. The lowest BCUT2D eigenvalue weighted by Crippen LogP contribution is -2.45. The molecule has 0 saturated heterocycles. The first-order chi connectivity index (χ1) is 10.9. The van der Waals surface area contributed by atoms with Crippen molar-refractivity contribution >= 4 is 35.2 Å². The van der Waals surface area contributed by atoms with Gasteiger partial charge >= 0.3 is 30.9 Å². The molecule has 25 heavy (non-hydrogen) atoms. The minimum atomic E-state index is -4.35. The molecule has 0 saturated carbocycles. The molecule has 2 unspecified atom stereocenters. The monoisotopic (exact) mass is 446 g/mol. The van der Waals surface area contributed by atoms with Crippen LogP contribution >= 0.6 is 0 Å². The van der Waals surface area contributed by atoms with E-state index in [0.29, 0.717) is 0 Å². The third kappa shape index (κ3) is 17.5. The van der Waals surface area contributed by atoms with E-state index in [0.717, 1.165) is 0 Å². The zero-order chi connectivity index (χ0) is 20.1. The molecule has 2 atom stereocenters. The number of rotatable bonds is 10. The van der Waals surface area contributed by atoms with Gasteiger partial charge in [-0.05, 0) is 51.4 Å². The molecule has 0 bridgehead atoms. The van der Waals surface area contributed by atoms with Gasteiger partial charge in [0.15, 0.2) is 16.6 Å². The molecule has 0 fully saturated rings. The minimum Gasteiger partial charge on any atom is -0.439 e. The van der Waals surface area contributed by atoms with Crippen LogP contribution in [0.2, 0.25) is 51.4 Å². The van der Waals surface area contributed by atoms with Crippen LogP contribution in [0.3, 0.4) is 0 Å². The lowest BCUT2D eigenvalue weighted by atomic mass is 10.5. The van der Waals surface area contributed by atoms with Crippen molar-refractivity contribution in [3.05, 3.63) is 0 Å². The van der Waals surface area contributed by atoms with Gasteiger partial charge in [-0.3, -0.25) is 0 Å². The first kappa shape index (κ1) is 25.3. The third-order valence-corrected chi connectivity index (χ3v) is 14.3. The van der Waals surface area contributed by atoms with Crippen molar-refractivity contribution < 1.29 is 38.7 Å². The normalized spacial score (nSPS) is 16.8. The second-order valence-corrected chi connectivity index (χ2v) is 22.1. The van der Waals surface area contributed by atoms with Crippen molar-refractivity contribution in [2.75, 3.05) is 0 Å². The van der Waals surface area contributed by atoms with Gasteiger partial charge in [0.25, 0.3) is 0 Å². The molecule has 0 aliphatic rings. The fourth-order valence-electron chi connectivity index (χ4n) is 1.83. The first-order valence-electron chi connectivity index (χ1n) is 8.01. The number of alkyl halides is 6. The van der Waals surface area contributed by atoms with Crippen LogP contribution in [-0.2, 0) is 12.3 Å². The highest BCUT2D eigenvalue weighted by Gasteiger charge is 2.37. The molecule has 0 spiro atoms. The van der Waals surface area contributed by atoms with Gasteiger partial charge in [-0.25, -0.2) is 0 Å². The Hall–Kier alpha value is 0.328. The van der Waals surface area contributed by atoms with Crippen LogP contribution in [0, 0.1) is 0 Å². The van der Waals surface area contributed by atoms with Crippen molar-refractivity contribution in [1.82, 2.24) is 0 Å². The standard InChI is InChI=1S/C12H28F6O3Si4/c1-24(2,3)20-22(9-7-11(13,14)15)19-23(21-25(4,5)6)10-8-12(16,17)18/h22-23H,7-10H2,1-6H3. The minimum absolute atomic E-state index is 0.307. The average molecular weight is 447 g/mol. The van der Waals surface area contributed by atoms with E-state index in [1.807, 2.05) is 39.3 Å². The first-order valence-corrected chi connectivity index (χ1v) is 18.3. The maximum atomic E-state index is 12.5. The van der Waals surface area contributed by atoms with Crippen LogP contribution in [0.25, 0.3) is 0 Å². The molecule has 13 heteroatoms. The summed E-state index contributed by atoms with van der Waals surface area (Å²) in [5.41, 5.74) is 0. The molecule has 0 heterocycles. The zero-order valence-electron chi connectivity index (χ0n) is 15.5. The molecular weight excluding hydrogens is 418 g/mol. The smallest absolute Gasteiger partial charge is 0.389 e. The summed E-state index contributed by atoms with van der Waals surface area (Å²) in [6.45, 7) is 10.9. The quantitative estimate of drug-likeness (QED) is 0.347. The molecule has 0 N–H and O–H groups in total. The maximum absolute atomic E-state index is 12.5. The topological polar surface area (TPSA) is 27.7 Å². The summed E-state index contributed by atoms with van der Waals surface area (Å²) in [6, 6.07) is -0.614. The summed E-state index contributed by atoms with van der Waals surface area (Å²) in [7, 11) is -9.87. The second kappa shape index (κ2) is 9.50. The van der Waals surface area contributed by atoms with Gasteiger partial charge in [0.1, 0.15) is 0 Å². The highest BCUT2D eigenvalue weighted by molar-refractivity contribution is 6.79. The largest absolute Gasteiger partial charge is 0.439 e. The van der Waals surface area contributed by atoms with Gasteiger partial charge in [-0.2, -0.15) is 26.3 Å². The Morgan fingerprint density at radius 2 is 0.920 bits per heavy atom. The molecular formula is C12H28F6O3Si4. The molecule has 0 aromatic carbocycles. The van der Waals surface area contributed by atoms with Gasteiger partial charge < -0.3 is 12.3 Å². The van der Waals surface area contributed by atoms with Crippen LogP contribution in [-0.4, -0.2) is 47.6 Å². The summed E-state index contributed by atoms with van der Waals surface area (Å²) >= 11 is 0. The second-order valence-electron chi connectivity index (χ2n) is 7.76. The van der Waals surface area contributed by atoms with E-state index in [1.54, 1.807) is 0 Å². The van der Waals surface area contributed by atoms with Gasteiger partial charge in [0.2, 0.25) is 0 Å². The molecule has 0 amide bonds. The molecule has 0 rings (SSSR count). The molecule has 0 aromatic heterocycles. The Bertz CT molecular complexity index is 356. The van der Waals surface area contributed by atoms with E-state index in [-0.39, 0.29) is 12.1 Å². The third-order valence-electron chi connectivity index (χ3n) is 2.60. The van der Waals surface area contributed by atoms with Crippen molar-refractivity contribution in [3.63, 3.8) is 0 Å². The summed E-state index contributed by atoms with van der Waals surface area (Å²) < 4.78 is 92.3. The fourth-order valence-corrected chi connectivity index (χ4v) is 14.1. The van der Waals surface area contributed by atoms with Gasteiger partial charge in [-0.1, -0.05) is 0 Å². The zero-order valence-corrected chi connectivity index (χ0v) is 19.8. The van der Waals surface area contributed by atoms with E-state index in [9.17, 15) is 26.3 Å². The van der Waals surface area contributed by atoms with Crippen molar-refractivity contribution in [2.24, 2.45) is 0 Å². The van der Waals surface area contributed by atoms with Crippen LogP contribution in [0.1, 0.15) is 12.8 Å². The number of halogens is 6. The molecule has 152 valence electrons. The Morgan fingerprint density at radius 3 is 1.12 bits per heavy atom. The SMILES string of the molecule is C[Si](C)(C)O[SiH](CCC(F)(F)F)O[SiH](CCC(F)(F)F)O[Si](C)(C)C. The Labute approximate surface area is 151 Å². The predicted octanol–water partition coefficient (Wildman–Crippen LogP) is 5.05. The summed E-state index contributed by atoms with van der Waals surface area (Å²) in [5, 5.41) is 0. The van der Waals surface area contributed by atoms with E-state index in [4.69, 9.17) is 12.3 Å². The van der Waals surface area contributed by atoms with Crippen molar-refractivity contribution in [1.29, 1.82) is 0 Å². The van der Waals surface area contributed by atoms with E-state index >= 15 is 0 Å². The van der Waals surface area contributed by atoms with Crippen molar-refractivity contribution in [3.8, 4) is 0 Å². The Morgan fingerprint density at radius 1 is 0.640 bits per heavy atom. The van der Waals surface area contributed by atoms with Crippen LogP contribution in [0.5, 0.6) is 0 Å². The summed E-state index contributed by atoms with van der Waals surface area (Å²) in [4.78, 5) is 0. The molecule has 0 aliphatic carbocycles. The molecule has 0 radical (unpaired) electrons. The number of hydrogen-bond acceptors (Lipinski definition) is 3. The Balaban J connectivity index is 5.06. The molecule has 0 aliphatic heterocycles.